The first kappa shape index (κ1) is 22.3. The van der Waals surface area contributed by atoms with E-state index in [-0.39, 0.29) is 10.8 Å². The van der Waals surface area contributed by atoms with Crippen molar-refractivity contribution in [3.8, 4) is 5.75 Å². The molecule has 0 aliphatic heterocycles. The van der Waals surface area contributed by atoms with Gasteiger partial charge in [-0.15, -0.1) is 0 Å². The number of carbonyl (C=O) groups excluding carboxylic acids is 1. The van der Waals surface area contributed by atoms with Gasteiger partial charge in [0.1, 0.15) is 5.75 Å². The molecule has 2 rings (SSSR count). The van der Waals surface area contributed by atoms with Crippen molar-refractivity contribution >= 4 is 34.6 Å². The fraction of sp³-hybridized carbons (Fsp3) is 0.333. The summed E-state index contributed by atoms with van der Waals surface area (Å²) < 4.78 is 5.76. The number of anilines is 1. The number of aryl methyl sites for hydroxylation is 1. The van der Waals surface area contributed by atoms with Crippen LogP contribution in [0, 0.1) is 17.0 Å². The number of amides is 1. The van der Waals surface area contributed by atoms with Crippen molar-refractivity contribution in [3.63, 3.8) is 0 Å². The van der Waals surface area contributed by atoms with Crippen molar-refractivity contribution < 1.29 is 14.5 Å². The topological polar surface area (TPSA) is 93.5 Å². The Kier molecular flexibility index (Phi) is 8.54. The van der Waals surface area contributed by atoms with Crippen LogP contribution in [0.5, 0.6) is 5.75 Å². The molecule has 0 radical (unpaired) electrons. The highest BCUT2D eigenvalue weighted by atomic mass is 32.1. The van der Waals surface area contributed by atoms with Gasteiger partial charge in [0.15, 0.2) is 5.11 Å². The van der Waals surface area contributed by atoms with Crippen LogP contribution in [0.25, 0.3) is 0 Å². The van der Waals surface area contributed by atoms with Crippen LogP contribution in [0.1, 0.15) is 48.5 Å². The van der Waals surface area contributed by atoms with Crippen LogP contribution in [0.2, 0.25) is 0 Å². The standard InChI is InChI=1S/C21H25N3O4S/c1-3-4-5-8-13-28-19-10-7-6-9-17(19)20(25)23-21(29)22-16-12-11-15(2)18(14-16)24(26)27/h6-7,9-12,14H,3-5,8,13H2,1-2H3,(H2,22,23,25,29). The zero-order valence-corrected chi connectivity index (χ0v) is 17.4. The maximum absolute atomic E-state index is 12.6. The molecule has 1 amide bonds. The molecule has 0 saturated heterocycles. The third-order valence-electron chi connectivity index (χ3n) is 4.28. The quantitative estimate of drug-likeness (QED) is 0.259. The van der Waals surface area contributed by atoms with Gasteiger partial charge < -0.3 is 10.1 Å². The molecule has 0 saturated carbocycles. The zero-order valence-electron chi connectivity index (χ0n) is 16.6. The number of thiocarbonyl (C=S) groups is 1. The Morgan fingerprint density at radius 3 is 2.66 bits per heavy atom. The predicted molar refractivity (Wildman–Crippen MR) is 118 cm³/mol. The van der Waals surface area contributed by atoms with Gasteiger partial charge in [-0.05, 0) is 43.8 Å². The lowest BCUT2D eigenvalue weighted by molar-refractivity contribution is -0.385. The number of benzene rings is 2. The maximum Gasteiger partial charge on any atom is 0.274 e. The molecule has 2 aromatic carbocycles. The Morgan fingerprint density at radius 1 is 1.17 bits per heavy atom. The third-order valence-corrected chi connectivity index (χ3v) is 4.48. The highest BCUT2D eigenvalue weighted by Gasteiger charge is 2.15. The Hall–Kier alpha value is -3.00. The lowest BCUT2D eigenvalue weighted by Gasteiger charge is -2.13. The molecule has 0 spiro atoms. The van der Waals surface area contributed by atoms with E-state index in [0.717, 1.165) is 25.7 Å². The summed E-state index contributed by atoms with van der Waals surface area (Å²) >= 11 is 5.18. The van der Waals surface area contributed by atoms with Crippen LogP contribution in [-0.2, 0) is 0 Å². The Labute approximate surface area is 175 Å². The monoisotopic (exact) mass is 415 g/mol. The van der Waals surface area contributed by atoms with Crippen LogP contribution < -0.4 is 15.4 Å². The number of nitrogens with zero attached hydrogens (tertiary/aromatic N) is 1. The predicted octanol–water partition coefficient (Wildman–Crippen LogP) is 4.99. The summed E-state index contributed by atoms with van der Waals surface area (Å²) in [5, 5.41) is 16.5. The van der Waals surface area contributed by atoms with Gasteiger partial charge in [-0.2, -0.15) is 0 Å². The normalized spacial score (nSPS) is 10.3. The summed E-state index contributed by atoms with van der Waals surface area (Å²) in [6.07, 6.45) is 4.31. The largest absolute Gasteiger partial charge is 0.493 e. The number of carbonyl (C=O) groups is 1. The van der Waals surface area contributed by atoms with Crippen molar-refractivity contribution in [2.24, 2.45) is 0 Å². The van der Waals surface area contributed by atoms with Crippen molar-refractivity contribution in [2.45, 2.75) is 39.5 Å². The molecule has 2 aromatic rings. The number of nitro groups is 1. The summed E-state index contributed by atoms with van der Waals surface area (Å²) in [5.41, 5.74) is 1.32. The molecule has 2 N–H and O–H groups in total. The lowest BCUT2D eigenvalue weighted by Crippen LogP contribution is -2.34. The number of para-hydroxylation sites is 1. The molecule has 0 heterocycles. The average Bonchev–Trinajstić information content (AvgIpc) is 2.69. The number of ether oxygens (including phenoxy) is 1. The van der Waals surface area contributed by atoms with E-state index in [9.17, 15) is 14.9 Å². The van der Waals surface area contributed by atoms with Crippen LogP contribution in [-0.4, -0.2) is 22.5 Å². The van der Waals surface area contributed by atoms with E-state index in [1.165, 1.54) is 6.07 Å². The van der Waals surface area contributed by atoms with Crippen LogP contribution in [0.15, 0.2) is 42.5 Å². The molecule has 8 heteroatoms. The first-order valence-electron chi connectivity index (χ1n) is 9.51. The van der Waals surface area contributed by atoms with E-state index in [1.54, 1.807) is 43.3 Å². The van der Waals surface area contributed by atoms with Crippen LogP contribution >= 0.6 is 12.2 Å². The minimum Gasteiger partial charge on any atom is -0.493 e. The van der Waals surface area contributed by atoms with Gasteiger partial charge in [-0.3, -0.25) is 20.2 Å². The smallest absolute Gasteiger partial charge is 0.274 e. The van der Waals surface area contributed by atoms with E-state index < -0.39 is 10.8 Å². The highest BCUT2D eigenvalue weighted by Crippen LogP contribution is 2.22. The highest BCUT2D eigenvalue weighted by molar-refractivity contribution is 7.80. The van der Waals surface area contributed by atoms with Crippen molar-refractivity contribution in [1.29, 1.82) is 0 Å². The van der Waals surface area contributed by atoms with Gasteiger partial charge in [0, 0.05) is 17.3 Å². The fourth-order valence-corrected chi connectivity index (χ4v) is 2.92. The molecule has 0 fully saturated rings. The fourth-order valence-electron chi connectivity index (χ4n) is 2.71. The number of rotatable bonds is 9. The SMILES string of the molecule is CCCCCCOc1ccccc1C(=O)NC(=S)Nc1ccc(C)c([N+](=O)[O-])c1. The Balaban J connectivity index is 1.98. The molecule has 0 unspecified atom stereocenters. The van der Waals surface area contributed by atoms with E-state index >= 15 is 0 Å². The number of unbranched alkanes of at least 4 members (excludes halogenated alkanes) is 3. The second-order valence-electron chi connectivity index (χ2n) is 6.57. The number of hydrogen-bond donors (Lipinski definition) is 2. The molecule has 0 aliphatic rings. The summed E-state index contributed by atoms with van der Waals surface area (Å²) in [7, 11) is 0. The molecule has 0 bridgehead atoms. The number of nitrogens with one attached hydrogen (secondary N) is 2. The summed E-state index contributed by atoms with van der Waals surface area (Å²) in [6.45, 7) is 4.34. The maximum atomic E-state index is 12.6. The van der Waals surface area contributed by atoms with Gasteiger partial charge in [-0.25, -0.2) is 0 Å². The molecule has 0 atom stereocenters. The van der Waals surface area contributed by atoms with Gasteiger partial charge in [0.05, 0.1) is 17.1 Å². The summed E-state index contributed by atoms with van der Waals surface area (Å²) in [6, 6.07) is 11.6. The number of nitro benzene ring substituents is 1. The average molecular weight is 416 g/mol. The molecule has 29 heavy (non-hydrogen) atoms. The number of hydrogen-bond acceptors (Lipinski definition) is 5. The van der Waals surface area contributed by atoms with Crippen molar-refractivity contribution in [2.75, 3.05) is 11.9 Å². The molecule has 7 nitrogen and oxygen atoms in total. The van der Waals surface area contributed by atoms with Gasteiger partial charge in [0.25, 0.3) is 11.6 Å². The first-order valence-corrected chi connectivity index (χ1v) is 9.92. The summed E-state index contributed by atoms with van der Waals surface area (Å²) in [4.78, 5) is 23.2. The van der Waals surface area contributed by atoms with Crippen molar-refractivity contribution in [3.05, 3.63) is 63.7 Å². The van der Waals surface area contributed by atoms with Gasteiger partial charge in [0.2, 0.25) is 0 Å². The molecule has 0 aliphatic carbocycles. The zero-order chi connectivity index (χ0) is 21.2. The Morgan fingerprint density at radius 2 is 1.93 bits per heavy atom. The minimum atomic E-state index is -0.462. The second-order valence-corrected chi connectivity index (χ2v) is 6.98. The van der Waals surface area contributed by atoms with Crippen LogP contribution in [0.4, 0.5) is 11.4 Å². The second kappa shape index (κ2) is 11.1. The van der Waals surface area contributed by atoms with Gasteiger partial charge >= 0.3 is 0 Å². The van der Waals surface area contributed by atoms with Gasteiger partial charge in [-0.1, -0.05) is 44.4 Å². The third kappa shape index (κ3) is 6.83. The molecular weight excluding hydrogens is 390 g/mol. The van der Waals surface area contributed by atoms with Crippen LogP contribution in [0.3, 0.4) is 0 Å². The summed E-state index contributed by atoms with van der Waals surface area (Å²) in [5.74, 6) is 0.0866. The first-order chi connectivity index (χ1) is 13.9. The molecule has 154 valence electrons. The van der Waals surface area contributed by atoms with E-state index in [4.69, 9.17) is 17.0 Å². The molecule has 0 aromatic heterocycles. The van der Waals surface area contributed by atoms with E-state index in [2.05, 4.69) is 17.6 Å². The van der Waals surface area contributed by atoms with Crippen molar-refractivity contribution in [1.82, 2.24) is 5.32 Å². The lowest BCUT2D eigenvalue weighted by atomic mass is 10.2. The van der Waals surface area contributed by atoms with E-state index in [1.807, 2.05) is 0 Å². The Bertz CT molecular complexity index is 886. The minimum absolute atomic E-state index is 0.0223. The molecular formula is C21H25N3O4S. The van der Waals surface area contributed by atoms with E-state index in [0.29, 0.717) is 29.2 Å².